The minimum absolute atomic E-state index is 0. The van der Waals surface area contributed by atoms with E-state index >= 15 is 0 Å². The maximum atomic E-state index is 12.9. The number of halogens is 2. The van der Waals surface area contributed by atoms with Crippen molar-refractivity contribution in [3.63, 3.8) is 0 Å². The Morgan fingerprint density at radius 3 is 2.62 bits per heavy atom. The van der Waals surface area contributed by atoms with Crippen molar-refractivity contribution >= 4 is 29.9 Å². The zero-order valence-corrected chi connectivity index (χ0v) is 15.9. The number of ether oxygens (including phenoxy) is 1. The van der Waals surface area contributed by atoms with Crippen molar-refractivity contribution in [2.24, 2.45) is 11.8 Å². The van der Waals surface area contributed by atoms with E-state index in [1.54, 1.807) is 12.1 Å². The molecule has 2 aliphatic heterocycles. The van der Waals surface area contributed by atoms with Gasteiger partial charge in [0, 0.05) is 25.6 Å². The normalized spacial score (nSPS) is 24.0. The van der Waals surface area contributed by atoms with Crippen molar-refractivity contribution in [1.29, 1.82) is 0 Å². The molecular formula is C20H22Cl2N2O2. The van der Waals surface area contributed by atoms with Gasteiger partial charge in [-0.05, 0) is 23.6 Å². The highest BCUT2D eigenvalue weighted by Crippen LogP contribution is 2.42. The molecule has 26 heavy (non-hydrogen) atoms. The SMILES string of the molecule is Cl.O=C(COc1ccccc1Cl)N1C[C@@H]2CNC[C@@H]2[C@@H]1c1ccccc1. The zero-order valence-electron chi connectivity index (χ0n) is 14.3. The average molecular weight is 393 g/mol. The number of rotatable bonds is 4. The molecule has 0 radical (unpaired) electrons. The van der Waals surface area contributed by atoms with E-state index < -0.39 is 0 Å². The second-order valence-corrected chi connectivity index (χ2v) is 7.11. The largest absolute Gasteiger partial charge is 0.482 e. The molecule has 4 rings (SSSR count). The molecule has 2 aromatic carbocycles. The lowest BCUT2D eigenvalue weighted by molar-refractivity contribution is -0.134. The van der Waals surface area contributed by atoms with E-state index in [9.17, 15) is 4.79 Å². The van der Waals surface area contributed by atoms with Crippen LogP contribution in [0.25, 0.3) is 0 Å². The maximum absolute atomic E-state index is 12.9. The van der Waals surface area contributed by atoms with Crippen LogP contribution in [0.2, 0.25) is 5.02 Å². The van der Waals surface area contributed by atoms with Gasteiger partial charge < -0.3 is 15.0 Å². The molecule has 1 amide bonds. The summed E-state index contributed by atoms with van der Waals surface area (Å²) in [7, 11) is 0. The first-order valence-corrected chi connectivity index (χ1v) is 9.04. The molecule has 2 heterocycles. The number of fused-ring (bicyclic) bond motifs is 1. The van der Waals surface area contributed by atoms with Crippen LogP contribution in [-0.4, -0.2) is 37.0 Å². The van der Waals surface area contributed by atoms with Crippen molar-refractivity contribution in [2.45, 2.75) is 6.04 Å². The molecule has 2 fully saturated rings. The summed E-state index contributed by atoms with van der Waals surface area (Å²) < 4.78 is 5.68. The lowest BCUT2D eigenvalue weighted by Gasteiger charge is -2.28. The molecule has 0 saturated carbocycles. The Bertz CT molecular complexity index is 756. The molecule has 138 valence electrons. The lowest BCUT2D eigenvalue weighted by atomic mass is 9.89. The topological polar surface area (TPSA) is 41.6 Å². The minimum atomic E-state index is 0. The Balaban J connectivity index is 0.00000196. The summed E-state index contributed by atoms with van der Waals surface area (Å²) in [5.41, 5.74) is 1.20. The van der Waals surface area contributed by atoms with Crippen LogP contribution in [0.5, 0.6) is 5.75 Å². The molecule has 0 aromatic heterocycles. The Kier molecular flexibility index (Phi) is 6.07. The van der Waals surface area contributed by atoms with Gasteiger partial charge in [-0.25, -0.2) is 0 Å². The standard InChI is InChI=1S/C20H21ClN2O2.ClH/c21-17-8-4-5-9-18(17)25-13-19(24)23-12-15-10-22-11-16(15)20(23)14-6-2-1-3-7-14;/h1-9,15-16,20,22H,10-13H2;1H/t15-,16-,20-;/m0./s1. The highest BCUT2D eigenvalue weighted by molar-refractivity contribution is 6.32. The van der Waals surface area contributed by atoms with Crippen molar-refractivity contribution in [3.05, 3.63) is 65.2 Å². The van der Waals surface area contributed by atoms with E-state index in [4.69, 9.17) is 16.3 Å². The summed E-state index contributed by atoms with van der Waals surface area (Å²) in [4.78, 5) is 14.9. The molecule has 0 bridgehead atoms. The van der Waals surface area contributed by atoms with Gasteiger partial charge >= 0.3 is 0 Å². The van der Waals surface area contributed by atoms with Gasteiger partial charge in [0.05, 0.1) is 11.1 Å². The molecule has 3 atom stereocenters. The van der Waals surface area contributed by atoms with Crippen LogP contribution in [0, 0.1) is 11.8 Å². The van der Waals surface area contributed by atoms with Crippen LogP contribution in [-0.2, 0) is 4.79 Å². The zero-order chi connectivity index (χ0) is 17.2. The van der Waals surface area contributed by atoms with Crippen LogP contribution >= 0.6 is 24.0 Å². The van der Waals surface area contributed by atoms with Crippen molar-refractivity contribution in [3.8, 4) is 5.75 Å². The number of benzene rings is 2. The predicted molar refractivity (Wildman–Crippen MR) is 105 cm³/mol. The number of nitrogens with zero attached hydrogens (tertiary/aromatic N) is 1. The highest BCUT2D eigenvalue weighted by Gasteiger charge is 2.46. The van der Waals surface area contributed by atoms with Gasteiger partial charge in [0.15, 0.2) is 6.61 Å². The Morgan fingerprint density at radius 2 is 1.85 bits per heavy atom. The van der Waals surface area contributed by atoms with Crippen molar-refractivity contribution in [2.75, 3.05) is 26.2 Å². The summed E-state index contributed by atoms with van der Waals surface area (Å²) >= 11 is 6.11. The Labute approximate surface area is 164 Å². The van der Waals surface area contributed by atoms with Crippen LogP contribution in [0.15, 0.2) is 54.6 Å². The fourth-order valence-electron chi connectivity index (χ4n) is 4.04. The van der Waals surface area contributed by atoms with Gasteiger partial charge in [-0.2, -0.15) is 0 Å². The number of carbonyl (C=O) groups excluding carboxylic acids is 1. The second-order valence-electron chi connectivity index (χ2n) is 6.70. The second kappa shape index (κ2) is 8.30. The molecule has 0 spiro atoms. The van der Waals surface area contributed by atoms with E-state index in [1.807, 2.05) is 35.2 Å². The predicted octanol–water partition coefficient (Wildman–Crippen LogP) is 3.56. The van der Waals surface area contributed by atoms with Gasteiger partial charge in [-0.15, -0.1) is 12.4 Å². The third kappa shape index (κ3) is 3.68. The molecule has 0 aliphatic carbocycles. The number of para-hydroxylation sites is 1. The fourth-order valence-corrected chi connectivity index (χ4v) is 4.23. The number of amides is 1. The van der Waals surface area contributed by atoms with Gasteiger partial charge in [-0.1, -0.05) is 54.1 Å². The average Bonchev–Trinajstić information content (AvgIpc) is 3.22. The quantitative estimate of drug-likeness (QED) is 0.864. The van der Waals surface area contributed by atoms with E-state index in [-0.39, 0.29) is 31.0 Å². The fraction of sp³-hybridized carbons (Fsp3) is 0.350. The third-order valence-electron chi connectivity index (χ3n) is 5.21. The van der Waals surface area contributed by atoms with Gasteiger partial charge in [0.2, 0.25) is 0 Å². The number of carbonyl (C=O) groups is 1. The van der Waals surface area contributed by atoms with Crippen LogP contribution in [0.1, 0.15) is 11.6 Å². The monoisotopic (exact) mass is 392 g/mol. The first kappa shape index (κ1) is 19.0. The van der Waals surface area contributed by atoms with E-state index in [0.29, 0.717) is 22.6 Å². The molecule has 4 nitrogen and oxygen atoms in total. The number of hydrogen-bond donors (Lipinski definition) is 1. The highest BCUT2D eigenvalue weighted by atomic mass is 35.5. The van der Waals surface area contributed by atoms with Crippen LogP contribution in [0.4, 0.5) is 0 Å². The molecule has 1 N–H and O–H groups in total. The summed E-state index contributed by atoms with van der Waals surface area (Å²) in [6.45, 7) is 2.73. The van der Waals surface area contributed by atoms with E-state index in [1.165, 1.54) is 5.56 Å². The number of likely N-dealkylation sites (tertiary alicyclic amines) is 1. The third-order valence-corrected chi connectivity index (χ3v) is 5.53. The van der Waals surface area contributed by atoms with E-state index in [0.717, 1.165) is 19.6 Å². The molecular weight excluding hydrogens is 371 g/mol. The van der Waals surface area contributed by atoms with Crippen LogP contribution < -0.4 is 10.1 Å². The van der Waals surface area contributed by atoms with Gasteiger partial charge in [0.25, 0.3) is 5.91 Å². The summed E-state index contributed by atoms with van der Waals surface area (Å²) in [5.74, 6) is 1.54. The first-order chi connectivity index (χ1) is 12.2. The number of hydrogen-bond acceptors (Lipinski definition) is 3. The minimum Gasteiger partial charge on any atom is -0.482 e. The molecule has 2 aliphatic rings. The molecule has 2 saturated heterocycles. The Morgan fingerprint density at radius 1 is 1.12 bits per heavy atom. The van der Waals surface area contributed by atoms with Crippen molar-refractivity contribution in [1.82, 2.24) is 10.2 Å². The summed E-state index contributed by atoms with van der Waals surface area (Å²) in [6, 6.07) is 17.7. The van der Waals surface area contributed by atoms with Gasteiger partial charge in [0.1, 0.15) is 5.75 Å². The number of nitrogens with one attached hydrogen (secondary N) is 1. The van der Waals surface area contributed by atoms with E-state index in [2.05, 4.69) is 17.4 Å². The maximum Gasteiger partial charge on any atom is 0.261 e. The summed E-state index contributed by atoms with van der Waals surface area (Å²) in [6.07, 6.45) is 0. The smallest absolute Gasteiger partial charge is 0.261 e. The molecule has 2 aromatic rings. The molecule has 6 heteroatoms. The van der Waals surface area contributed by atoms with Crippen molar-refractivity contribution < 1.29 is 9.53 Å². The van der Waals surface area contributed by atoms with Gasteiger partial charge in [-0.3, -0.25) is 4.79 Å². The van der Waals surface area contributed by atoms with Crippen LogP contribution in [0.3, 0.4) is 0 Å². The summed E-state index contributed by atoms with van der Waals surface area (Å²) in [5, 5.41) is 3.99. The molecule has 0 unspecified atom stereocenters. The first-order valence-electron chi connectivity index (χ1n) is 8.66. The Hall–Kier alpha value is -1.75. The lowest BCUT2D eigenvalue weighted by Crippen LogP contribution is -2.37.